The van der Waals surface area contributed by atoms with Gasteiger partial charge in [0.05, 0.1) is 0 Å². The standard InChI is InChI=1S/2C5H10.CH3.CH2.2BrH.V/c2*1-2-4-5-3-1;;;;;/h2*1-5H2;1H3;1H2;2*1H;/q;;-1;;;;+2/p-2. The van der Waals surface area contributed by atoms with Crippen LogP contribution in [0.2, 0.25) is 0 Å². The molecule has 0 amide bonds. The molecule has 0 aromatic heterocycles. The summed E-state index contributed by atoms with van der Waals surface area (Å²) in [7, 11) is -0.812. The summed E-state index contributed by atoms with van der Waals surface area (Å²) in [5, 5.41) is 3.62. The second-order valence-electron chi connectivity index (χ2n) is 3.84. The minimum absolute atomic E-state index is 0. The van der Waals surface area contributed by atoms with Crippen LogP contribution in [-0.2, 0) is 10.9 Å². The van der Waals surface area contributed by atoms with E-state index >= 15 is 0 Å². The van der Waals surface area contributed by atoms with Crippen LogP contribution in [-0.4, -0.2) is 5.23 Å². The molecule has 2 aliphatic rings. The largest absolute Gasteiger partial charge is 0.358 e. The van der Waals surface area contributed by atoms with Gasteiger partial charge in [-0.1, -0.05) is 64.2 Å². The van der Waals surface area contributed by atoms with Crippen LogP contribution in [0.15, 0.2) is 0 Å². The molecule has 0 aromatic carbocycles. The van der Waals surface area contributed by atoms with E-state index in [-0.39, 0.29) is 7.43 Å². The number of hydrogen-bond donors (Lipinski definition) is 0. The van der Waals surface area contributed by atoms with E-state index in [1.54, 1.807) is 0 Å². The monoisotopic (exact) mass is 378 g/mol. The zero-order valence-corrected chi connectivity index (χ0v) is 14.6. The average Bonchev–Trinajstić information content (AvgIpc) is 2.83. The fourth-order valence-electron chi connectivity index (χ4n) is 1.77. The summed E-state index contributed by atoms with van der Waals surface area (Å²) in [6.07, 6.45) is 15.0. The molecule has 0 spiro atoms. The van der Waals surface area contributed by atoms with E-state index in [2.05, 4.69) is 32.9 Å². The third kappa shape index (κ3) is 21.3. The number of halogens is 2. The Labute approximate surface area is 115 Å². The Morgan fingerprint density at radius 1 is 0.600 bits per heavy atom. The maximum absolute atomic E-state index is 3.62. The van der Waals surface area contributed by atoms with Crippen LogP contribution >= 0.6 is 27.6 Å². The van der Waals surface area contributed by atoms with Crippen molar-refractivity contribution in [2.45, 2.75) is 64.2 Å². The molecule has 0 unspecified atom stereocenters. The number of hydrogen-bond acceptors (Lipinski definition) is 0. The van der Waals surface area contributed by atoms with Crippen LogP contribution < -0.4 is 0 Å². The summed E-state index contributed by atoms with van der Waals surface area (Å²) >= 11 is 6.44. The van der Waals surface area contributed by atoms with Crippen molar-refractivity contribution in [3.63, 3.8) is 0 Å². The third-order valence-electron chi connectivity index (χ3n) is 2.50. The van der Waals surface area contributed by atoms with Gasteiger partial charge in [-0.05, 0) is 0 Å². The second-order valence-corrected chi connectivity index (χ2v) is 15.8. The van der Waals surface area contributed by atoms with Crippen molar-refractivity contribution in [2.24, 2.45) is 0 Å². The minimum atomic E-state index is -0.812. The Morgan fingerprint density at radius 3 is 0.733 bits per heavy atom. The van der Waals surface area contributed by atoms with Gasteiger partial charge in [-0.3, -0.25) is 0 Å². The zero-order valence-electron chi connectivity index (χ0n) is 9.98. The molecule has 0 aromatic rings. The van der Waals surface area contributed by atoms with E-state index in [1.165, 1.54) is 64.2 Å². The molecule has 2 rings (SSSR count). The first-order valence-corrected chi connectivity index (χ1v) is 13.5. The molecule has 0 heterocycles. The van der Waals surface area contributed by atoms with E-state index in [0.29, 0.717) is 0 Å². The van der Waals surface area contributed by atoms with Crippen LogP contribution in [0.25, 0.3) is 0 Å². The Hall–Kier alpha value is 1.41. The summed E-state index contributed by atoms with van der Waals surface area (Å²) in [4.78, 5) is 0. The molecule has 0 N–H and O–H groups in total. The van der Waals surface area contributed by atoms with Crippen molar-refractivity contribution in [3.05, 3.63) is 7.43 Å². The Balaban J connectivity index is 0. The van der Waals surface area contributed by atoms with Gasteiger partial charge in [0, 0.05) is 0 Å². The Morgan fingerprint density at radius 2 is 0.667 bits per heavy atom. The van der Waals surface area contributed by atoms with E-state index < -0.39 is 10.9 Å². The predicted molar refractivity (Wildman–Crippen MR) is 77.6 cm³/mol. The van der Waals surface area contributed by atoms with Gasteiger partial charge in [0.2, 0.25) is 0 Å². The van der Waals surface area contributed by atoms with Crippen molar-refractivity contribution < 1.29 is 10.9 Å². The van der Waals surface area contributed by atoms with E-state index in [0.717, 1.165) is 0 Å². The van der Waals surface area contributed by atoms with Crippen molar-refractivity contribution in [3.8, 4) is 0 Å². The van der Waals surface area contributed by atoms with Crippen LogP contribution in [0.5, 0.6) is 0 Å². The molecule has 2 saturated carbocycles. The zero-order chi connectivity index (χ0) is 10.6. The summed E-state index contributed by atoms with van der Waals surface area (Å²) in [6.45, 7) is 0. The molecular formula is C12H25Br2V-. The molecule has 0 nitrogen and oxygen atoms in total. The van der Waals surface area contributed by atoms with Crippen molar-refractivity contribution in [1.82, 2.24) is 0 Å². The number of rotatable bonds is 0. The van der Waals surface area contributed by atoms with Gasteiger partial charge in [0.25, 0.3) is 0 Å². The summed E-state index contributed by atoms with van der Waals surface area (Å²) in [5.41, 5.74) is 0. The molecule has 0 aliphatic heterocycles. The van der Waals surface area contributed by atoms with Gasteiger partial charge < -0.3 is 7.43 Å². The molecule has 15 heavy (non-hydrogen) atoms. The van der Waals surface area contributed by atoms with E-state index in [9.17, 15) is 0 Å². The molecule has 0 saturated heterocycles. The topological polar surface area (TPSA) is 0 Å². The van der Waals surface area contributed by atoms with E-state index in [4.69, 9.17) is 0 Å². The SMILES string of the molecule is C1CCCC1.C1CCCC1.[CH2]=[V]([Br])[Br].[CH3-]. The minimum Gasteiger partial charge on any atom is -0.358 e. The van der Waals surface area contributed by atoms with Gasteiger partial charge in [-0.25, -0.2) is 0 Å². The Kier molecular flexibility index (Phi) is 19.3. The first-order chi connectivity index (χ1) is 6.73. The molecule has 2 fully saturated rings. The molecular weight excluding hydrogens is 355 g/mol. The molecule has 93 valence electrons. The second kappa shape index (κ2) is 15.4. The van der Waals surface area contributed by atoms with Crippen LogP contribution in [0.4, 0.5) is 0 Å². The van der Waals surface area contributed by atoms with Crippen molar-refractivity contribution in [1.29, 1.82) is 0 Å². The quantitative estimate of drug-likeness (QED) is 0.452. The molecule has 0 atom stereocenters. The summed E-state index contributed by atoms with van der Waals surface area (Å²) in [6, 6.07) is 0. The first kappa shape index (κ1) is 18.8. The maximum atomic E-state index is 3.62. The normalized spacial score (nSPS) is 17.7. The summed E-state index contributed by atoms with van der Waals surface area (Å²) < 4.78 is 0. The van der Waals surface area contributed by atoms with Gasteiger partial charge in [0.15, 0.2) is 0 Å². The fraction of sp³-hybridized carbons (Fsp3) is 0.833. The predicted octanol–water partition coefficient (Wildman–Crippen LogP) is 6.01. The van der Waals surface area contributed by atoms with Crippen molar-refractivity contribution >= 4 is 32.9 Å². The van der Waals surface area contributed by atoms with E-state index in [1.807, 2.05) is 0 Å². The van der Waals surface area contributed by atoms with Gasteiger partial charge >= 0.3 is 43.8 Å². The van der Waals surface area contributed by atoms with Gasteiger partial charge in [-0.2, -0.15) is 0 Å². The summed E-state index contributed by atoms with van der Waals surface area (Å²) in [5.74, 6) is 0. The van der Waals surface area contributed by atoms with Crippen LogP contribution in [0, 0.1) is 7.43 Å². The van der Waals surface area contributed by atoms with Crippen LogP contribution in [0.1, 0.15) is 64.2 Å². The van der Waals surface area contributed by atoms with Crippen molar-refractivity contribution in [2.75, 3.05) is 0 Å². The first-order valence-electron chi connectivity index (χ1n) is 5.65. The van der Waals surface area contributed by atoms with Gasteiger partial charge in [0.1, 0.15) is 0 Å². The van der Waals surface area contributed by atoms with Gasteiger partial charge in [-0.15, -0.1) is 0 Å². The molecule has 3 heteroatoms. The molecule has 0 radical (unpaired) electrons. The molecule has 0 bridgehead atoms. The smallest absolute Gasteiger partial charge is 0.358 e. The fourth-order valence-corrected chi connectivity index (χ4v) is 1.77. The third-order valence-corrected chi connectivity index (χ3v) is 2.50. The average molecular weight is 380 g/mol. The van der Waals surface area contributed by atoms with Crippen LogP contribution in [0.3, 0.4) is 0 Å². The molecule has 2 aliphatic carbocycles. The Bertz CT molecular complexity index is 100. The maximum Gasteiger partial charge on any atom is -0.358 e.